The first-order valence-corrected chi connectivity index (χ1v) is 11.1. The Balaban J connectivity index is 1.21. The zero-order chi connectivity index (χ0) is 22.1. The van der Waals surface area contributed by atoms with E-state index >= 15 is 0 Å². The molecule has 3 aromatic rings. The van der Waals surface area contributed by atoms with E-state index in [1.54, 1.807) is 36.4 Å². The van der Waals surface area contributed by atoms with Gasteiger partial charge in [0.05, 0.1) is 0 Å². The minimum atomic E-state index is -1.73. The number of carbonyl (C=O) groups is 1. The Hall–Kier alpha value is -3.02. The number of fused-ring (bicyclic) bond motifs is 1. The van der Waals surface area contributed by atoms with Gasteiger partial charge in [0, 0.05) is 26.2 Å². The van der Waals surface area contributed by atoms with Crippen molar-refractivity contribution in [1.82, 2.24) is 10.2 Å². The molecule has 164 valence electrons. The van der Waals surface area contributed by atoms with Crippen molar-refractivity contribution >= 4 is 5.91 Å². The summed E-state index contributed by atoms with van der Waals surface area (Å²) in [6.07, 6.45) is 0. The van der Waals surface area contributed by atoms with E-state index in [4.69, 9.17) is 0 Å². The molecule has 1 unspecified atom stereocenters. The minimum absolute atomic E-state index is 0.197. The molecule has 0 aromatic heterocycles. The van der Waals surface area contributed by atoms with Crippen LogP contribution in [-0.4, -0.2) is 35.5 Å². The molecule has 5 rings (SSSR count). The summed E-state index contributed by atoms with van der Waals surface area (Å²) < 4.78 is 13.4. The summed E-state index contributed by atoms with van der Waals surface area (Å²) in [5.41, 5.74) is 0.379. The smallest absolute Gasteiger partial charge is 0.261 e. The number of nitrogens with one attached hydrogen (secondary N) is 1. The first kappa shape index (κ1) is 20.9. The lowest BCUT2D eigenvalue weighted by Gasteiger charge is -2.28. The standard InChI is InChI=1S/C27H27FN2O2/c28-22-13-7-8-19(14-22)16-30-17-24-23(25(24)18-30)15-29-26(31)27(32,20-9-3-1-4-10-20)21-11-5-2-6-12-21/h1-14,23-25,32H,15-18H2,(H,29,31)/t23?,24-,25+. The second kappa shape index (κ2) is 8.49. The lowest BCUT2D eigenvalue weighted by atomic mass is 9.85. The van der Waals surface area contributed by atoms with E-state index in [2.05, 4.69) is 10.2 Å². The summed E-state index contributed by atoms with van der Waals surface area (Å²) in [5, 5.41) is 14.6. The van der Waals surface area contributed by atoms with Crippen LogP contribution in [0.4, 0.5) is 4.39 Å². The third-order valence-electron chi connectivity index (χ3n) is 6.95. The summed E-state index contributed by atoms with van der Waals surface area (Å²) in [4.78, 5) is 15.6. The number of amides is 1. The summed E-state index contributed by atoms with van der Waals surface area (Å²) in [6, 6.07) is 24.9. The normalized spacial score (nSPS) is 22.4. The molecule has 3 aromatic carbocycles. The van der Waals surface area contributed by atoms with Crippen LogP contribution in [0.1, 0.15) is 16.7 Å². The SMILES string of the molecule is O=C(NCC1[C@H]2CN(Cc3cccc(F)c3)C[C@@H]12)C(O)(c1ccccc1)c1ccccc1. The molecule has 5 heteroatoms. The molecule has 1 saturated heterocycles. The minimum Gasteiger partial charge on any atom is -0.372 e. The molecular formula is C27H27FN2O2. The Labute approximate surface area is 187 Å². The van der Waals surface area contributed by atoms with Crippen molar-refractivity contribution in [2.75, 3.05) is 19.6 Å². The molecule has 4 nitrogen and oxygen atoms in total. The Morgan fingerprint density at radius 3 is 2.09 bits per heavy atom. The van der Waals surface area contributed by atoms with Crippen molar-refractivity contribution in [3.05, 3.63) is 107 Å². The van der Waals surface area contributed by atoms with Gasteiger partial charge in [-0.1, -0.05) is 72.8 Å². The molecule has 1 aliphatic carbocycles. The lowest BCUT2D eigenvalue weighted by Crippen LogP contribution is -2.46. The predicted octanol–water partition coefficient (Wildman–Crippen LogP) is 3.56. The van der Waals surface area contributed by atoms with Gasteiger partial charge < -0.3 is 10.4 Å². The zero-order valence-electron chi connectivity index (χ0n) is 17.8. The average Bonchev–Trinajstić information content (AvgIpc) is 3.28. The van der Waals surface area contributed by atoms with Gasteiger partial charge in [0.15, 0.2) is 5.60 Å². The largest absolute Gasteiger partial charge is 0.372 e. The van der Waals surface area contributed by atoms with E-state index < -0.39 is 11.5 Å². The molecule has 2 fully saturated rings. The number of rotatable bonds is 7. The quantitative estimate of drug-likeness (QED) is 0.603. The molecule has 1 heterocycles. The van der Waals surface area contributed by atoms with Crippen LogP contribution in [0.2, 0.25) is 0 Å². The third kappa shape index (κ3) is 3.94. The molecule has 1 saturated carbocycles. The van der Waals surface area contributed by atoms with Crippen molar-refractivity contribution in [3.8, 4) is 0 Å². The highest BCUT2D eigenvalue weighted by Gasteiger charge is 2.55. The maximum atomic E-state index is 13.4. The van der Waals surface area contributed by atoms with Gasteiger partial charge in [-0.25, -0.2) is 4.39 Å². The molecule has 32 heavy (non-hydrogen) atoms. The van der Waals surface area contributed by atoms with Crippen LogP contribution >= 0.6 is 0 Å². The average molecular weight is 431 g/mol. The van der Waals surface area contributed by atoms with Gasteiger partial charge in [-0.15, -0.1) is 0 Å². The van der Waals surface area contributed by atoms with Crippen LogP contribution in [0, 0.1) is 23.6 Å². The van der Waals surface area contributed by atoms with E-state index in [1.165, 1.54) is 6.07 Å². The van der Waals surface area contributed by atoms with E-state index in [9.17, 15) is 14.3 Å². The fraction of sp³-hybridized carbons (Fsp3) is 0.296. The number of benzene rings is 3. The topological polar surface area (TPSA) is 52.6 Å². The van der Waals surface area contributed by atoms with Crippen LogP contribution < -0.4 is 5.32 Å². The molecule has 2 N–H and O–H groups in total. The van der Waals surface area contributed by atoms with Gasteiger partial charge >= 0.3 is 0 Å². The Bertz CT molecular complexity index is 1040. The number of halogens is 1. The molecule has 0 bridgehead atoms. The fourth-order valence-electron chi connectivity index (χ4n) is 5.19. The molecule has 1 amide bonds. The molecule has 2 aliphatic rings. The first-order chi connectivity index (χ1) is 15.6. The third-order valence-corrected chi connectivity index (χ3v) is 6.95. The second-order valence-corrected chi connectivity index (χ2v) is 8.97. The first-order valence-electron chi connectivity index (χ1n) is 11.1. The highest BCUT2D eigenvalue weighted by Crippen LogP contribution is 2.51. The van der Waals surface area contributed by atoms with Crippen molar-refractivity contribution in [1.29, 1.82) is 0 Å². The number of likely N-dealkylation sites (tertiary alicyclic amines) is 1. The van der Waals surface area contributed by atoms with Crippen LogP contribution in [-0.2, 0) is 16.9 Å². The number of hydrogen-bond donors (Lipinski definition) is 2. The number of piperidine rings is 1. The van der Waals surface area contributed by atoms with Gasteiger partial charge in [0.25, 0.3) is 5.91 Å². The van der Waals surface area contributed by atoms with E-state index in [-0.39, 0.29) is 5.82 Å². The summed E-state index contributed by atoms with van der Waals surface area (Å²) in [5.74, 6) is 0.933. The molecule has 0 spiro atoms. The van der Waals surface area contributed by atoms with Crippen molar-refractivity contribution < 1.29 is 14.3 Å². The molecule has 3 atom stereocenters. The van der Waals surface area contributed by atoms with Crippen LogP contribution in [0.25, 0.3) is 0 Å². The van der Waals surface area contributed by atoms with Crippen LogP contribution in [0.15, 0.2) is 84.9 Å². The molecule has 1 aliphatic heterocycles. The fourth-order valence-corrected chi connectivity index (χ4v) is 5.19. The summed E-state index contributed by atoms with van der Waals surface area (Å²) in [6.45, 7) is 3.24. The maximum Gasteiger partial charge on any atom is 0.261 e. The summed E-state index contributed by atoms with van der Waals surface area (Å²) >= 11 is 0. The number of carbonyl (C=O) groups excluding carboxylic acids is 1. The maximum absolute atomic E-state index is 13.4. The second-order valence-electron chi connectivity index (χ2n) is 8.97. The number of nitrogens with zero attached hydrogens (tertiary/aromatic N) is 1. The molecular weight excluding hydrogens is 403 g/mol. The highest BCUT2D eigenvalue weighted by molar-refractivity contribution is 5.90. The van der Waals surface area contributed by atoms with Crippen LogP contribution in [0.3, 0.4) is 0 Å². The number of hydrogen-bond acceptors (Lipinski definition) is 3. The Morgan fingerprint density at radius 2 is 1.53 bits per heavy atom. The van der Waals surface area contributed by atoms with E-state index in [0.29, 0.717) is 35.4 Å². The zero-order valence-corrected chi connectivity index (χ0v) is 17.8. The van der Waals surface area contributed by atoms with Crippen molar-refractivity contribution in [3.63, 3.8) is 0 Å². The Morgan fingerprint density at radius 1 is 0.938 bits per heavy atom. The van der Waals surface area contributed by atoms with Crippen molar-refractivity contribution in [2.45, 2.75) is 12.1 Å². The lowest BCUT2D eigenvalue weighted by molar-refractivity contribution is -0.136. The Kier molecular flexibility index (Phi) is 5.53. The predicted molar refractivity (Wildman–Crippen MR) is 121 cm³/mol. The van der Waals surface area contributed by atoms with Gasteiger partial charge in [-0.2, -0.15) is 0 Å². The van der Waals surface area contributed by atoms with Crippen molar-refractivity contribution in [2.24, 2.45) is 17.8 Å². The summed E-state index contributed by atoms with van der Waals surface area (Å²) in [7, 11) is 0. The van der Waals surface area contributed by atoms with Gasteiger partial charge in [0.1, 0.15) is 5.82 Å². The number of aliphatic hydroxyl groups is 1. The van der Waals surface area contributed by atoms with E-state index in [1.807, 2.05) is 42.5 Å². The molecule has 0 radical (unpaired) electrons. The van der Waals surface area contributed by atoms with E-state index in [0.717, 1.165) is 25.2 Å². The van der Waals surface area contributed by atoms with Gasteiger partial charge in [-0.3, -0.25) is 9.69 Å². The highest BCUT2D eigenvalue weighted by atomic mass is 19.1. The van der Waals surface area contributed by atoms with Crippen LogP contribution in [0.5, 0.6) is 0 Å². The van der Waals surface area contributed by atoms with Gasteiger partial charge in [-0.05, 0) is 46.6 Å². The monoisotopic (exact) mass is 430 g/mol. The van der Waals surface area contributed by atoms with Gasteiger partial charge in [0.2, 0.25) is 0 Å².